The fourth-order valence-electron chi connectivity index (χ4n) is 2.16. The largest absolute Gasteiger partial charge is 0.537 e. The standard InChI is InChI=1S/C14H14N2O6/c1-16(12(18)13(19)20)7-10(11(16)17)15-14(21)22-8-9-5-3-2-4-6-9/h2-6,10H,7-8H2,1H3,(H-,15,19,20,21). The number of carbonyl (C=O) groups excluding carboxylic acids is 4. The van der Waals surface area contributed by atoms with Crippen molar-refractivity contribution in [2.24, 2.45) is 0 Å². The number of carboxylic acid groups (broad SMARTS) is 1. The van der Waals surface area contributed by atoms with Crippen LogP contribution in [0.15, 0.2) is 30.3 Å². The molecule has 2 unspecified atom stereocenters. The molecule has 0 saturated carbocycles. The van der Waals surface area contributed by atoms with Gasteiger partial charge in [0.05, 0.1) is 7.05 Å². The number of quaternary nitrogens is 1. The molecule has 2 rings (SSSR count). The quantitative estimate of drug-likeness (QED) is 0.415. The third-order valence-corrected chi connectivity index (χ3v) is 3.46. The van der Waals surface area contributed by atoms with Gasteiger partial charge in [0.15, 0.2) is 12.0 Å². The van der Waals surface area contributed by atoms with Gasteiger partial charge in [-0.25, -0.2) is 14.4 Å². The van der Waals surface area contributed by atoms with Gasteiger partial charge >= 0.3 is 17.9 Å². The molecule has 0 aliphatic carbocycles. The van der Waals surface area contributed by atoms with Gasteiger partial charge in [-0.05, 0) is 5.56 Å². The number of likely N-dealkylation sites (N-methyl/N-ethyl adjacent to an activating group) is 1. The van der Waals surface area contributed by atoms with Crippen LogP contribution < -0.4 is 10.4 Å². The first kappa shape index (κ1) is 15.6. The Morgan fingerprint density at radius 3 is 2.50 bits per heavy atom. The van der Waals surface area contributed by atoms with Gasteiger partial charge < -0.3 is 20.0 Å². The predicted octanol–water partition coefficient (Wildman–Crippen LogP) is -1.46. The monoisotopic (exact) mass is 306 g/mol. The van der Waals surface area contributed by atoms with Gasteiger partial charge in [-0.1, -0.05) is 30.3 Å². The molecular weight excluding hydrogens is 292 g/mol. The zero-order valence-electron chi connectivity index (χ0n) is 11.8. The average molecular weight is 306 g/mol. The summed E-state index contributed by atoms with van der Waals surface area (Å²) < 4.78 is 4.01. The summed E-state index contributed by atoms with van der Waals surface area (Å²) >= 11 is 0. The van der Waals surface area contributed by atoms with Crippen LogP contribution in [-0.2, 0) is 25.7 Å². The number of imide groups is 1. The third kappa shape index (κ3) is 2.96. The van der Waals surface area contributed by atoms with Crippen LogP contribution in [0.3, 0.4) is 0 Å². The van der Waals surface area contributed by atoms with E-state index in [0.29, 0.717) is 0 Å². The highest BCUT2D eigenvalue weighted by molar-refractivity contribution is 6.29. The number of ether oxygens (including phenoxy) is 1. The molecule has 1 aromatic rings. The molecule has 0 radical (unpaired) electrons. The van der Waals surface area contributed by atoms with Crippen molar-refractivity contribution < 1.29 is 33.5 Å². The number of carboxylic acids is 1. The lowest BCUT2D eigenvalue weighted by atomic mass is 10.0. The number of nitrogens with one attached hydrogen (secondary N) is 1. The summed E-state index contributed by atoms with van der Waals surface area (Å²) in [4.78, 5) is 45.3. The van der Waals surface area contributed by atoms with Crippen molar-refractivity contribution in [3.63, 3.8) is 0 Å². The zero-order valence-corrected chi connectivity index (χ0v) is 11.8. The number of β-lactam (4-membered cyclic amide) rings is 1. The Morgan fingerprint density at radius 1 is 1.32 bits per heavy atom. The maximum atomic E-state index is 11.8. The number of rotatable bonds is 3. The van der Waals surface area contributed by atoms with E-state index in [9.17, 15) is 24.3 Å². The van der Waals surface area contributed by atoms with E-state index in [-0.39, 0.29) is 13.2 Å². The van der Waals surface area contributed by atoms with E-state index in [1.807, 2.05) is 6.07 Å². The molecule has 8 nitrogen and oxygen atoms in total. The molecule has 1 fully saturated rings. The van der Waals surface area contributed by atoms with Crippen molar-refractivity contribution >= 4 is 23.9 Å². The highest BCUT2D eigenvalue weighted by atomic mass is 16.5. The smallest absolute Gasteiger partial charge is 0.408 e. The fourth-order valence-corrected chi connectivity index (χ4v) is 2.16. The first-order valence-electron chi connectivity index (χ1n) is 6.47. The zero-order chi connectivity index (χ0) is 16.3. The van der Waals surface area contributed by atoms with Gasteiger partial charge in [-0.3, -0.25) is 0 Å². The van der Waals surface area contributed by atoms with Crippen molar-refractivity contribution in [1.82, 2.24) is 5.32 Å². The van der Waals surface area contributed by atoms with E-state index in [0.717, 1.165) is 12.6 Å². The van der Waals surface area contributed by atoms with E-state index in [1.54, 1.807) is 24.3 Å². The maximum absolute atomic E-state index is 11.8. The lowest BCUT2D eigenvalue weighted by Gasteiger charge is -2.41. The second-order valence-electron chi connectivity index (χ2n) is 5.06. The van der Waals surface area contributed by atoms with Gasteiger partial charge in [0.1, 0.15) is 13.2 Å². The lowest BCUT2D eigenvalue weighted by molar-refractivity contribution is -0.786. The van der Waals surface area contributed by atoms with Crippen molar-refractivity contribution in [1.29, 1.82) is 0 Å². The van der Waals surface area contributed by atoms with Crippen molar-refractivity contribution in [2.75, 3.05) is 13.6 Å². The van der Waals surface area contributed by atoms with Gasteiger partial charge in [0.2, 0.25) is 0 Å². The molecule has 3 amide bonds. The van der Waals surface area contributed by atoms with E-state index in [2.05, 4.69) is 5.32 Å². The summed E-state index contributed by atoms with van der Waals surface area (Å²) in [6, 6.07) is 8.00. The number of amides is 3. The van der Waals surface area contributed by atoms with Gasteiger partial charge in [0.25, 0.3) is 0 Å². The number of aliphatic carboxylic acids is 1. The molecular formula is C14H14N2O6. The van der Waals surface area contributed by atoms with Gasteiger partial charge in [-0.2, -0.15) is 4.48 Å². The number of hydrogen-bond donors (Lipinski definition) is 1. The van der Waals surface area contributed by atoms with Crippen LogP contribution in [0.4, 0.5) is 4.79 Å². The second kappa shape index (κ2) is 5.94. The van der Waals surface area contributed by atoms with Crippen LogP contribution in [0.2, 0.25) is 0 Å². The van der Waals surface area contributed by atoms with Crippen LogP contribution >= 0.6 is 0 Å². The third-order valence-electron chi connectivity index (χ3n) is 3.46. The molecule has 116 valence electrons. The molecule has 1 aliphatic heterocycles. The minimum absolute atomic E-state index is 0.0394. The molecule has 1 heterocycles. The number of nitrogens with zero attached hydrogens (tertiary/aromatic N) is 1. The highest BCUT2D eigenvalue weighted by Crippen LogP contribution is 2.20. The van der Waals surface area contributed by atoms with Crippen LogP contribution in [0.1, 0.15) is 5.56 Å². The second-order valence-corrected chi connectivity index (χ2v) is 5.06. The van der Waals surface area contributed by atoms with Gasteiger partial charge in [0, 0.05) is 0 Å². The van der Waals surface area contributed by atoms with Crippen LogP contribution in [0, 0.1) is 0 Å². The Morgan fingerprint density at radius 2 is 1.95 bits per heavy atom. The molecule has 2 atom stereocenters. The summed E-state index contributed by atoms with van der Waals surface area (Å²) in [5.74, 6) is -3.98. The SMILES string of the molecule is C[N+]1(C(=O)C(=O)[O-])CC(NC(=O)OCc2ccccc2)C1=O. The number of alkyl carbamates (subject to hydrolysis) is 1. The molecule has 0 bridgehead atoms. The molecule has 1 saturated heterocycles. The van der Waals surface area contributed by atoms with E-state index in [4.69, 9.17) is 4.74 Å². The first-order chi connectivity index (χ1) is 10.3. The summed E-state index contributed by atoms with van der Waals surface area (Å²) in [5.41, 5.74) is 0.783. The minimum atomic E-state index is -1.93. The van der Waals surface area contributed by atoms with Crippen molar-refractivity contribution in [3.05, 3.63) is 35.9 Å². The molecule has 22 heavy (non-hydrogen) atoms. The van der Waals surface area contributed by atoms with E-state index >= 15 is 0 Å². The summed E-state index contributed by atoms with van der Waals surface area (Å²) in [5, 5.41) is 12.8. The van der Waals surface area contributed by atoms with E-state index < -0.39 is 34.4 Å². The Kier molecular flexibility index (Phi) is 4.22. The fraction of sp³-hybridized carbons (Fsp3) is 0.286. The minimum Gasteiger partial charge on any atom is -0.537 e. The molecule has 1 N–H and O–H groups in total. The summed E-state index contributed by atoms with van der Waals surface area (Å²) in [6.45, 7) is -0.107. The molecule has 0 aromatic heterocycles. The molecule has 1 aromatic carbocycles. The van der Waals surface area contributed by atoms with Crippen LogP contribution in [0.5, 0.6) is 0 Å². The summed E-state index contributed by atoms with van der Waals surface area (Å²) in [6.07, 6.45) is -0.811. The summed E-state index contributed by atoms with van der Waals surface area (Å²) in [7, 11) is 1.16. The Labute approximate surface area is 125 Å². The van der Waals surface area contributed by atoms with Crippen LogP contribution in [0.25, 0.3) is 0 Å². The average Bonchev–Trinajstić information content (AvgIpc) is 2.52. The van der Waals surface area contributed by atoms with Crippen LogP contribution in [-0.4, -0.2) is 48.0 Å². The lowest BCUT2D eigenvalue weighted by Crippen LogP contribution is -2.77. The normalized spacial score (nSPS) is 23.3. The van der Waals surface area contributed by atoms with Crippen molar-refractivity contribution in [3.8, 4) is 0 Å². The highest BCUT2D eigenvalue weighted by Gasteiger charge is 2.58. The topological polar surface area (TPSA) is 113 Å². The van der Waals surface area contributed by atoms with Gasteiger partial charge in [-0.15, -0.1) is 0 Å². The Bertz CT molecular complexity index is 629. The molecule has 1 aliphatic rings. The molecule has 0 spiro atoms. The number of hydrogen-bond acceptors (Lipinski definition) is 6. The first-order valence-corrected chi connectivity index (χ1v) is 6.47. The maximum Gasteiger partial charge on any atom is 0.408 e. The Hall–Kier alpha value is -2.74. The number of benzene rings is 1. The predicted molar refractivity (Wildman–Crippen MR) is 69.6 cm³/mol. The number of likely N-dealkylation sites (tertiary alicyclic amines) is 1. The molecule has 8 heteroatoms. The Balaban J connectivity index is 1.83. The number of carbonyl (C=O) groups is 4. The van der Waals surface area contributed by atoms with Crippen molar-refractivity contribution in [2.45, 2.75) is 12.6 Å². The van der Waals surface area contributed by atoms with E-state index in [1.165, 1.54) is 0 Å².